The van der Waals surface area contributed by atoms with Gasteiger partial charge in [-0.1, -0.05) is 23.4 Å². The van der Waals surface area contributed by atoms with Crippen LogP contribution in [-0.4, -0.2) is 29.9 Å². The van der Waals surface area contributed by atoms with Crippen molar-refractivity contribution in [3.63, 3.8) is 0 Å². The van der Waals surface area contributed by atoms with Crippen molar-refractivity contribution in [1.82, 2.24) is 4.98 Å². The van der Waals surface area contributed by atoms with Gasteiger partial charge in [-0.3, -0.25) is 4.79 Å². The summed E-state index contributed by atoms with van der Waals surface area (Å²) in [5.41, 5.74) is 0.652. The van der Waals surface area contributed by atoms with Gasteiger partial charge in [0.2, 0.25) is 5.91 Å². The first-order valence-corrected chi connectivity index (χ1v) is 8.93. The standard InChI is InChI=1S/C17H19ClN2O3S/c1-3-22-14-8-7-12(10-15(14)23-4-2)20-16(21)11-24-17-13(18)6-5-9-19-17/h5-10H,3-4,11H2,1-2H3,(H,20,21). The fraction of sp³-hybridized carbons (Fsp3) is 0.294. The van der Waals surface area contributed by atoms with E-state index in [1.807, 2.05) is 13.8 Å². The summed E-state index contributed by atoms with van der Waals surface area (Å²) in [6.45, 7) is 4.87. The number of amides is 1. The summed E-state index contributed by atoms with van der Waals surface area (Å²) in [6, 6.07) is 8.82. The van der Waals surface area contributed by atoms with Gasteiger partial charge >= 0.3 is 0 Å². The van der Waals surface area contributed by atoms with Crippen LogP contribution in [0, 0.1) is 0 Å². The number of nitrogens with zero attached hydrogens (tertiary/aromatic N) is 1. The van der Waals surface area contributed by atoms with Gasteiger partial charge in [0.05, 0.1) is 24.0 Å². The second-order valence-electron chi connectivity index (χ2n) is 4.65. The highest BCUT2D eigenvalue weighted by Crippen LogP contribution is 2.31. The van der Waals surface area contributed by atoms with E-state index in [0.717, 1.165) is 0 Å². The number of rotatable bonds is 8. The van der Waals surface area contributed by atoms with Crippen molar-refractivity contribution in [2.45, 2.75) is 18.9 Å². The van der Waals surface area contributed by atoms with Crippen LogP contribution in [0.15, 0.2) is 41.6 Å². The number of ether oxygens (including phenoxy) is 2. The maximum absolute atomic E-state index is 12.1. The quantitative estimate of drug-likeness (QED) is 0.707. The average Bonchev–Trinajstić information content (AvgIpc) is 2.57. The Morgan fingerprint density at radius 1 is 1.21 bits per heavy atom. The van der Waals surface area contributed by atoms with E-state index >= 15 is 0 Å². The van der Waals surface area contributed by atoms with Crippen molar-refractivity contribution in [3.8, 4) is 11.5 Å². The molecule has 2 aromatic rings. The van der Waals surface area contributed by atoms with Crippen molar-refractivity contribution in [1.29, 1.82) is 0 Å². The van der Waals surface area contributed by atoms with Crippen molar-refractivity contribution >= 4 is 35.0 Å². The number of thioether (sulfide) groups is 1. The molecule has 128 valence electrons. The molecule has 24 heavy (non-hydrogen) atoms. The third-order valence-corrected chi connectivity index (χ3v) is 4.31. The lowest BCUT2D eigenvalue weighted by molar-refractivity contribution is -0.113. The van der Waals surface area contributed by atoms with Crippen LogP contribution in [0.25, 0.3) is 0 Å². The zero-order valence-corrected chi connectivity index (χ0v) is 15.1. The first kappa shape index (κ1) is 18.4. The molecule has 2 rings (SSSR count). The second-order valence-corrected chi connectivity index (χ2v) is 6.03. The molecule has 1 amide bonds. The van der Waals surface area contributed by atoms with Gasteiger partial charge in [0.15, 0.2) is 11.5 Å². The number of benzene rings is 1. The minimum absolute atomic E-state index is 0.145. The Labute approximate surface area is 150 Å². The number of aromatic nitrogens is 1. The predicted molar refractivity (Wildman–Crippen MR) is 97.4 cm³/mol. The van der Waals surface area contributed by atoms with E-state index in [1.165, 1.54) is 11.8 Å². The summed E-state index contributed by atoms with van der Waals surface area (Å²) in [6.07, 6.45) is 1.65. The van der Waals surface area contributed by atoms with Crippen LogP contribution in [0.4, 0.5) is 5.69 Å². The highest BCUT2D eigenvalue weighted by molar-refractivity contribution is 8.00. The number of pyridine rings is 1. The monoisotopic (exact) mass is 366 g/mol. The zero-order valence-electron chi connectivity index (χ0n) is 13.5. The smallest absolute Gasteiger partial charge is 0.234 e. The number of hydrogen-bond acceptors (Lipinski definition) is 5. The summed E-state index contributed by atoms with van der Waals surface area (Å²) in [7, 11) is 0. The molecule has 7 heteroatoms. The highest BCUT2D eigenvalue weighted by atomic mass is 35.5. The lowest BCUT2D eigenvalue weighted by atomic mass is 10.2. The van der Waals surface area contributed by atoms with Crippen LogP contribution in [0.3, 0.4) is 0 Å². The molecule has 1 heterocycles. The number of hydrogen-bond donors (Lipinski definition) is 1. The molecule has 0 unspecified atom stereocenters. The first-order chi connectivity index (χ1) is 11.6. The summed E-state index contributed by atoms with van der Waals surface area (Å²) >= 11 is 7.31. The molecule has 0 saturated heterocycles. The Kier molecular flexibility index (Phi) is 7.21. The average molecular weight is 367 g/mol. The van der Waals surface area contributed by atoms with Gasteiger partial charge in [-0.25, -0.2) is 4.98 Å². The maximum Gasteiger partial charge on any atom is 0.234 e. The Bertz CT molecular complexity index is 697. The Morgan fingerprint density at radius 3 is 2.67 bits per heavy atom. The zero-order chi connectivity index (χ0) is 17.4. The molecule has 0 radical (unpaired) electrons. The highest BCUT2D eigenvalue weighted by Gasteiger charge is 2.10. The number of carbonyl (C=O) groups excluding carboxylic acids is 1. The molecule has 0 aliphatic heterocycles. The van der Waals surface area contributed by atoms with Crippen LogP contribution in [-0.2, 0) is 4.79 Å². The van der Waals surface area contributed by atoms with Gasteiger partial charge in [-0.05, 0) is 38.1 Å². The van der Waals surface area contributed by atoms with Gasteiger partial charge in [0, 0.05) is 18.0 Å². The molecule has 0 atom stereocenters. The number of nitrogens with one attached hydrogen (secondary N) is 1. The summed E-state index contributed by atoms with van der Waals surface area (Å²) in [4.78, 5) is 16.2. The van der Waals surface area contributed by atoms with Gasteiger partial charge in [-0.2, -0.15) is 0 Å². The topological polar surface area (TPSA) is 60.5 Å². The molecule has 0 aliphatic carbocycles. The van der Waals surface area contributed by atoms with Crippen molar-refractivity contribution in [2.24, 2.45) is 0 Å². The van der Waals surface area contributed by atoms with Crippen molar-refractivity contribution in [2.75, 3.05) is 24.3 Å². The molecule has 0 spiro atoms. The molecular formula is C17H19ClN2O3S. The second kappa shape index (κ2) is 9.39. The molecule has 0 aliphatic rings. The van der Waals surface area contributed by atoms with Crippen molar-refractivity contribution in [3.05, 3.63) is 41.6 Å². The Balaban J connectivity index is 1.98. The Morgan fingerprint density at radius 2 is 1.96 bits per heavy atom. The number of anilines is 1. The first-order valence-electron chi connectivity index (χ1n) is 7.56. The molecule has 1 aromatic heterocycles. The maximum atomic E-state index is 12.1. The molecule has 5 nitrogen and oxygen atoms in total. The lowest BCUT2D eigenvalue weighted by Gasteiger charge is -2.13. The normalized spacial score (nSPS) is 10.3. The molecule has 0 saturated carbocycles. The Hall–Kier alpha value is -1.92. The van der Waals surface area contributed by atoms with Gasteiger partial charge in [-0.15, -0.1) is 0 Å². The van der Waals surface area contributed by atoms with Crippen LogP contribution in [0.5, 0.6) is 11.5 Å². The van der Waals surface area contributed by atoms with Gasteiger partial charge in [0.25, 0.3) is 0 Å². The largest absolute Gasteiger partial charge is 0.490 e. The lowest BCUT2D eigenvalue weighted by Crippen LogP contribution is -2.14. The van der Waals surface area contributed by atoms with E-state index in [2.05, 4.69) is 10.3 Å². The van der Waals surface area contributed by atoms with E-state index in [1.54, 1.807) is 36.5 Å². The molecule has 1 N–H and O–H groups in total. The van der Waals surface area contributed by atoms with E-state index in [9.17, 15) is 4.79 Å². The molecule has 0 fully saturated rings. The number of carbonyl (C=O) groups is 1. The fourth-order valence-electron chi connectivity index (χ4n) is 1.94. The van der Waals surface area contributed by atoms with Gasteiger partial charge < -0.3 is 14.8 Å². The van der Waals surface area contributed by atoms with Crippen LogP contribution in [0.1, 0.15) is 13.8 Å². The van der Waals surface area contributed by atoms with Crippen molar-refractivity contribution < 1.29 is 14.3 Å². The molecule has 0 bridgehead atoms. The van der Waals surface area contributed by atoms with E-state index in [0.29, 0.717) is 40.4 Å². The SMILES string of the molecule is CCOc1ccc(NC(=O)CSc2ncccc2Cl)cc1OCC. The third kappa shape index (κ3) is 5.32. The van der Waals surface area contributed by atoms with Crippen LogP contribution >= 0.6 is 23.4 Å². The van der Waals surface area contributed by atoms with Crippen LogP contribution in [0.2, 0.25) is 5.02 Å². The van der Waals surface area contributed by atoms with E-state index in [4.69, 9.17) is 21.1 Å². The van der Waals surface area contributed by atoms with E-state index in [-0.39, 0.29) is 11.7 Å². The summed E-state index contributed by atoms with van der Waals surface area (Å²) in [5.74, 6) is 1.34. The molecular weight excluding hydrogens is 348 g/mol. The van der Waals surface area contributed by atoms with E-state index < -0.39 is 0 Å². The summed E-state index contributed by atoms with van der Waals surface area (Å²) < 4.78 is 11.1. The molecule has 1 aromatic carbocycles. The third-order valence-electron chi connectivity index (χ3n) is 2.89. The number of halogens is 1. The minimum Gasteiger partial charge on any atom is -0.490 e. The predicted octanol–water partition coefficient (Wildman–Crippen LogP) is 4.26. The summed E-state index contributed by atoms with van der Waals surface area (Å²) in [5, 5.41) is 4.01. The minimum atomic E-state index is -0.145. The van der Waals surface area contributed by atoms with Gasteiger partial charge in [0.1, 0.15) is 5.03 Å². The fourth-order valence-corrected chi connectivity index (χ4v) is 2.90. The van der Waals surface area contributed by atoms with Crippen LogP contribution < -0.4 is 14.8 Å².